The molecule has 8 nitrogen and oxygen atoms in total. The Kier molecular flexibility index (Phi) is 10.0. The van der Waals surface area contributed by atoms with Gasteiger partial charge in [0.05, 0.1) is 37.6 Å². The number of allylic oxidation sites excluding steroid dienone is 2. The predicted molar refractivity (Wildman–Crippen MR) is 233 cm³/mol. The van der Waals surface area contributed by atoms with Gasteiger partial charge in [-0.1, -0.05) is 63.3 Å². The number of hydrogen-bond acceptors (Lipinski definition) is 8. The van der Waals surface area contributed by atoms with Gasteiger partial charge in [-0.15, -0.1) is 5.92 Å². The Morgan fingerprint density at radius 1 is 0.934 bits per heavy atom. The molecule has 0 saturated heterocycles. The molecule has 10 aliphatic carbocycles. The lowest BCUT2D eigenvalue weighted by atomic mass is 9.29. The van der Waals surface area contributed by atoms with Crippen molar-refractivity contribution in [3.63, 3.8) is 0 Å². The highest BCUT2D eigenvalue weighted by Crippen LogP contribution is 2.82. The minimum Gasteiger partial charge on any atom is -0.394 e. The van der Waals surface area contributed by atoms with E-state index in [1.165, 1.54) is 5.57 Å². The van der Waals surface area contributed by atoms with E-state index in [0.717, 1.165) is 85.8 Å². The van der Waals surface area contributed by atoms with Crippen LogP contribution in [0, 0.1) is 79.3 Å². The van der Waals surface area contributed by atoms with Gasteiger partial charge in [-0.3, -0.25) is 4.79 Å². The summed E-state index contributed by atoms with van der Waals surface area (Å²) in [5.74, 6) is 5.78. The van der Waals surface area contributed by atoms with E-state index in [4.69, 9.17) is 4.74 Å². The lowest BCUT2D eigenvalue weighted by Crippen LogP contribution is -2.74. The summed E-state index contributed by atoms with van der Waals surface area (Å²) in [6.07, 6.45) is 11.9. The number of carbonyl (C=O) groups excluding carboxylic acids is 1. The Morgan fingerprint density at radius 3 is 2.41 bits per heavy atom. The van der Waals surface area contributed by atoms with Crippen molar-refractivity contribution in [1.82, 2.24) is 0 Å². The predicted octanol–water partition coefficient (Wildman–Crippen LogP) is 5.66. The highest BCUT2D eigenvalue weighted by molar-refractivity contribution is 5.96. The number of benzene rings is 1. The van der Waals surface area contributed by atoms with Crippen molar-refractivity contribution in [3.8, 4) is 11.8 Å². The van der Waals surface area contributed by atoms with E-state index in [2.05, 4.69) is 43.9 Å². The van der Waals surface area contributed by atoms with Crippen LogP contribution in [0.25, 0.3) is 11.6 Å². The van der Waals surface area contributed by atoms with Gasteiger partial charge in [-0.2, -0.15) is 0 Å². The van der Waals surface area contributed by atoms with E-state index in [1.807, 2.05) is 26.0 Å². The monoisotopic (exact) mass is 837 g/mol. The summed E-state index contributed by atoms with van der Waals surface area (Å²) in [5.41, 5.74) is -0.875. The van der Waals surface area contributed by atoms with Crippen LogP contribution in [-0.4, -0.2) is 80.7 Å². The Labute approximate surface area is 363 Å². The lowest BCUT2D eigenvalue weighted by molar-refractivity contribution is -0.266. The summed E-state index contributed by atoms with van der Waals surface area (Å²) in [4.78, 5) is 16.3. The molecule has 0 amide bonds. The van der Waals surface area contributed by atoms with E-state index >= 15 is 4.79 Å². The third kappa shape index (κ3) is 5.29. The minimum atomic E-state index is -1.18. The fourth-order valence-electron chi connectivity index (χ4n) is 18.5. The average molecular weight is 837 g/mol. The van der Waals surface area contributed by atoms with Gasteiger partial charge in [0.1, 0.15) is 6.10 Å². The zero-order valence-corrected chi connectivity index (χ0v) is 37.4. The molecule has 3 spiro atoms. The van der Waals surface area contributed by atoms with Gasteiger partial charge in [-0.05, 0) is 175 Å². The highest BCUT2D eigenvalue weighted by atomic mass is 16.5. The molecule has 11 rings (SSSR count). The van der Waals surface area contributed by atoms with Gasteiger partial charge in [0.15, 0.2) is 5.78 Å². The smallest absolute Gasteiger partial charge is 0.159 e. The van der Waals surface area contributed by atoms with Gasteiger partial charge in [0.25, 0.3) is 0 Å². The fraction of sp³-hybridized carbons (Fsp3) is 0.755. The molecular formula is C53H72O8. The molecule has 0 radical (unpaired) electrons. The van der Waals surface area contributed by atoms with E-state index < -0.39 is 70.1 Å². The van der Waals surface area contributed by atoms with Gasteiger partial charge in [-0.25, -0.2) is 0 Å². The van der Waals surface area contributed by atoms with Crippen LogP contribution in [-0.2, 0) is 9.53 Å². The number of aliphatic hydroxyl groups is 6. The molecule has 16 atom stereocenters. The molecule has 0 aliphatic heterocycles. The normalized spacial score (nSPS) is 47.5. The Bertz CT molecular complexity index is 2190. The zero-order chi connectivity index (χ0) is 43.1. The van der Waals surface area contributed by atoms with Crippen LogP contribution in [0.5, 0.6) is 0 Å². The van der Waals surface area contributed by atoms with Crippen LogP contribution in [0.1, 0.15) is 143 Å². The highest BCUT2D eigenvalue weighted by Gasteiger charge is 2.79. The number of carbonyl (C=O) groups is 1. The summed E-state index contributed by atoms with van der Waals surface area (Å²) in [5, 5.41) is 73.8. The minimum absolute atomic E-state index is 0.0173. The first-order valence-electron chi connectivity index (χ1n) is 24.2. The van der Waals surface area contributed by atoms with Crippen LogP contribution in [0.4, 0.5) is 0 Å². The van der Waals surface area contributed by atoms with E-state index in [1.54, 1.807) is 6.92 Å². The molecule has 10 aliphatic rings. The van der Waals surface area contributed by atoms with Crippen molar-refractivity contribution in [2.24, 2.45) is 67.5 Å². The van der Waals surface area contributed by atoms with Crippen molar-refractivity contribution in [3.05, 3.63) is 45.8 Å². The number of rotatable bonds is 6. The molecule has 0 aromatic heterocycles. The van der Waals surface area contributed by atoms with Crippen LogP contribution in [0.2, 0.25) is 0 Å². The number of aliphatic hydroxyl groups excluding tert-OH is 6. The summed E-state index contributed by atoms with van der Waals surface area (Å²) >= 11 is 0. The largest absolute Gasteiger partial charge is 0.394 e. The van der Waals surface area contributed by atoms with Gasteiger partial charge in [0.2, 0.25) is 0 Å². The molecule has 0 heterocycles. The number of hydrogen-bond donors (Lipinski definition) is 6. The molecule has 4 bridgehead atoms. The van der Waals surface area contributed by atoms with E-state index in [-0.39, 0.29) is 40.3 Å². The molecule has 16 unspecified atom stereocenters. The third-order valence-electron chi connectivity index (χ3n) is 20.9. The zero-order valence-electron chi connectivity index (χ0n) is 37.4. The average Bonchev–Trinajstić information content (AvgIpc) is 3.69. The second-order valence-electron chi connectivity index (χ2n) is 22.9. The van der Waals surface area contributed by atoms with Crippen LogP contribution < -0.4 is 10.4 Å². The number of fused-ring (bicyclic) bond motifs is 6. The van der Waals surface area contributed by atoms with Crippen molar-refractivity contribution in [2.45, 2.75) is 161 Å². The Hall–Kier alpha value is -2.35. The molecule has 61 heavy (non-hydrogen) atoms. The standard InChI is InChI=1S/C53H72O8/c1-6-61-29-36-34-13-12-32(31(2)55)23-33(34)24-37-35(36)14-20-51-21-15-41-49(5,45(60)28-54)42(57)16-22-52(37,41)46(51)40(56)25-38-39-26-47(3)17-8-7-11-43(58)53(39,44(59)27-48(38,51)4)50(30-47)18-9-10-19-50/h12-13,23-25,31,35,37,39,41-46,54-55,57-60H,6,8-10,14-22,26-30H2,1-5H3. The molecule has 6 fully saturated rings. The van der Waals surface area contributed by atoms with Gasteiger partial charge >= 0.3 is 0 Å². The van der Waals surface area contributed by atoms with Crippen molar-refractivity contribution in [1.29, 1.82) is 0 Å². The summed E-state index contributed by atoms with van der Waals surface area (Å²) in [7, 11) is 0. The van der Waals surface area contributed by atoms with Crippen molar-refractivity contribution in [2.75, 3.05) is 19.8 Å². The maximum absolute atomic E-state index is 16.3. The molecular weight excluding hydrogens is 765 g/mol. The summed E-state index contributed by atoms with van der Waals surface area (Å²) in [6, 6.07) is 6.27. The van der Waals surface area contributed by atoms with Crippen LogP contribution >= 0.6 is 0 Å². The molecule has 6 N–H and O–H groups in total. The van der Waals surface area contributed by atoms with E-state index in [9.17, 15) is 30.6 Å². The maximum Gasteiger partial charge on any atom is 0.159 e. The second kappa shape index (κ2) is 14.3. The van der Waals surface area contributed by atoms with Gasteiger partial charge < -0.3 is 35.4 Å². The van der Waals surface area contributed by atoms with E-state index in [0.29, 0.717) is 45.3 Å². The quantitative estimate of drug-likeness (QED) is 0.202. The Balaban J connectivity index is 1.24. The second-order valence-corrected chi connectivity index (χ2v) is 22.9. The molecule has 6 saturated carbocycles. The lowest BCUT2D eigenvalue weighted by Gasteiger charge is -2.75. The maximum atomic E-state index is 16.3. The third-order valence-corrected chi connectivity index (χ3v) is 20.9. The summed E-state index contributed by atoms with van der Waals surface area (Å²) in [6.45, 7) is 11.1. The first-order chi connectivity index (χ1) is 29.0. The Morgan fingerprint density at radius 2 is 1.69 bits per heavy atom. The van der Waals surface area contributed by atoms with Crippen LogP contribution in [0.15, 0.2) is 29.8 Å². The molecule has 332 valence electrons. The van der Waals surface area contributed by atoms with Crippen molar-refractivity contribution >= 4 is 17.4 Å². The topological polar surface area (TPSA) is 148 Å². The molecule has 1 aromatic carbocycles. The fourth-order valence-corrected chi connectivity index (χ4v) is 18.5. The molecule has 8 heteroatoms. The van der Waals surface area contributed by atoms with Crippen LogP contribution in [0.3, 0.4) is 0 Å². The first-order valence-corrected chi connectivity index (χ1v) is 24.2. The SMILES string of the molecule is CCOCC1=c2ccc(C(C)O)cc2=CC2C1CCC13CCC4C(C)(C(O)CO)C(O)CCC24C1C(=O)C=C1C2CC4(C)CCC#CC(O)C2(C(O)CC13C)C1(CCCC1)C4. The molecule has 1 aromatic rings. The first kappa shape index (κ1) is 42.6. The number of ether oxygens (including phenoxy) is 1. The number of ketones is 1. The van der Waals surface area contributed by atoms with Crippen molar-refractivity contribution < 1.29 is 40.2 Å². The summed E-state index contributed by atoms with van der Waals surface area (Å²) < 4.78 is 6.34. The van der Waals surface area contributed by atoms with Gasteiger partial charge in [0, 0.05) is 29.8 Å².